The van der Waals surface area contributed by atoms with Crippen LogP contribution in [0, 0.1) is 6.92 Å². The molecule has 28 heavy (non-hydrogen) atoms. The van der Waals surface area contributed by atoms with Gasteiger partial charge in [0, 0.05) is 24.5 Å². The molecule has 2 aliphatic heterocycles. The number of carbonyl (C=O) groups excluding carboxylic acids is 1. The summed E-state index contributed by atoms with van der Waals surface area (Å²) < 4.78 is 29.8. The molecule has 4 rings (SSSR count). The quantitative estimate of drug-likeness (QED) is 0.686. The SMILES string of the molecule is CC(=O)N1CCc2cc(Br)cc(S(=O)(=O)N3CCCC3c3cccc(C)c3)c21. The van der Waals surface area contributed by atoms with Gasteiger partial charge in [-0.2, -0.15) is 4.31 Å². The molecule has 1 unspecified atom stereocenters. The summed E-state index contributed by atoms with van der Waals surface area (Å²) in [6.45, 7) is 4.51. The van der Waals surface area contributed by atoms with Gasteiger partial charge in [-0.3, -0.25) is 4.79 Å². The van der Waals surface area contributed by atoms with Gasteiger partial charge in [-0.05, 0) is 49.4 Å². The van der Waals surface area contributed by atoms with Gasteiger partial charge in [-0.15, -0.1) is 0 Å². The minimum absolute atomic E-state index is 0.130. The van der Waals surface area contributed by atoms with Crippen molar-refractivity contribution < 1.29 is 13.2 Å². The van der Waals surface area contributed by atoms with E-state index in [1.165, 1.54) is 6.92 Å². The van der Waals surface area contributed by atoms with E-state index in [9.17, 15) is 13.2 Å². The lowest BCUT2D eigenvalue weighted by atomic mass is 10.0. The first-order valence-corrected chi connectivity index (χ1v) is 11.7. The number of benzene rings is 2. The summed E-state index contributed by atoms with van der Waals surface area (Å²) >= 11 is 3.46. The van der Waals surface area contributed by atoms with Gasteiger partial charge in [-0.25, -0.2) is 8.42 Å². The number of amides is 1. The van der Waals surface area contributed by atoms with E-state index in [2.05, 4.69) is 22.0 Å². The van der Waals surface area contributed by atoms with Gasteiger partial charge in [-0.1, -0.05) is 45.8 Å². The smallest absolute Gasteiger partial charge is 0.245 e. The third-order valence-corrected chi connectivity index (χ3v) is 7.97. The lowest BCUT2D eigenvalue weighted by molar-refractivity contribution is -0.116. The molecule has 2 aliphatic rings. The van der Waals surface area contributed by atoms with Crippen molar-refractivity contribution in [2.24, 2.45) is 0 Å². The molecule has 7 heteroatoms. The maximum Gasteiger partial charge on any atom is 0.245 e. The predicted molar refractivity (Wildman–Crippen MR) is 113 cm³/mol. The summed E-state index contributed by atoms with van der Waals surface area (Å²) in [4.78, 5) is 13.9. The first-order chi connectivity index (χ1) is 13.3. The van der Waals surface area contributed by atoms with Crippen molar-refractivity contribution in [3.8, 4) is 0 Å². The van der Waals surface area contributed by atoms with Gasteiger partial charge in [0.15, 0.2) is 0 Å². The number of fused-ring (bicyclic) bond motifs is 1. The van der Waals surface area contributed by atoms with Crippen molar-refractivity contribution >= 4 is 37.5 Å². The van der Waals surface area contributed by atoms with E-state index in [4.69, 9.17) is 0 Å². The third-order valence-electron chi connectivity index (χ3n) is 5.59. The summed E-state index contributed by atoms with van der Waals surface area (Å²) in [7, 11) is -3.75. The molecule has 0 bridgehead atoms. The van der Waals surface area contributed by atoms with Crippen LogP contribution in [0.15, 0.2) is 45.8 Å². The highest BCUT2D eigenvalue weighted by Gasteiger charge is 2.40. The van der Waals surface area contributed by atoms with E-state index in [1.54, 1.807) is 15.3 Å². The maximum atomic E-state index is 13.8. The maximum absolute atomic E-state index is 13.8. The van der Waals surface area contributed by atoms with E-state index in [0.29, 0.717) is 25.2 Å². The van der Waals surface area contributed by atoms with Crippen LogP contribution in [0.5, 0.6) is 0 Å². The van der Waals surface area contributed by atoms with Crippen LogP contribution in [0.2, 0.25) is 0 Å². The highest BCUT2D eigenvalue weighted by molar-refractivity contribution is 9.10. The number of anilines is 1. The molecule has 1 fully saturated rings. The van der Waals surface area contributed by atoms with Gasteiger partial charge in [0.1, 0.15) is 4.90 Å². The summed E-state index contributed by atoms with van der Waals surface area (Å²) in [5, 5.41) is 0. The van der Waals surface area contributed by atoms with Gasteiger partial charge in [0.2, 0.25) is 15.9 Å². The van der Waals surface area contributed by atoms with E-state index in [0.717, 1.165) is 34.0 Å². The van der Waals surface area contributed by atoms with Crippen LogP contribution in [-0.4, -0.2) is 31.7 Å². The monoisotopic (exact) mass is 462 g/mol. The molecule has 1 saturated heterocycles. The van der Waals surface area contributed by atoms with Crippen LogP contribution in [0.3, 0.4) is 0 Å². The number of halogens is 1. The average molecular weight is 463 g/mol. The molecular formula is C21H23BrN2O3S. The summed E-state index contributed by atoms with van der Waals surface area (Å²) in [6, 6.07) is 11.4. The Morgan fingerprint density at radius 2 is 1.96 bits per heavy atom. The fourth-order valence-electron chi connectivity index (χ4n) is 4.35. The second-order valence-corrected chi connectivity index (χ2v) is 10.3. The Labute approximate surface area is 174 Å². The molecule has 5 nitrogen and oxygen atoms in total. The Kier molecular flexibility index (Phi) is 5.10. The van der Waals surface area contributed by atoms with Crippen LogP contribution in [0.25, 0.3) is 0 Å². The second-order valence-electron chi connectivity index (χ2n) is 7.52. The van der Waals surface area contributed by atoms with E-state index < -0.39 is 10.0 Å². The Balaban J connectivity index is 1.82. The molecule has 0 aromatic heterocycles. The number of rotatable bonds is 3. The van der Waals surface area contributed by atoms with Crippen molar-refractivity contribution in [3.63, 3.8) is 0 Å². The zero-order valence-corrected chi connectivity index (χ0v) is 18.4. The molecule has 0 saturated carbocycles. The molecule has 0 radical (unpaired) electrons. The van der Waals surface area contributed by atoms with Crippen LogP contribution in [0.4, 0.5) is 5.69 Å². The second kappa shape index (κ2) is 7.28. The van der Waals surface area contributed by atoms with Gasteiger partial charge in [0.25, 0.3) is 0 Å². The predicted octanol–water partition coefficient (Wildman–Crippen LogP) is 4.19. The van der Waals surface area contributed by atoms with E-state index in [1.807, 2.05) is 31.2 Å². The van der Waals surface area contributed by atoms with Crippen LogP contribution < -0.4 is 4.90 Å². The molecule has 2 aromatic rings. The first-order valence-electron chi connectivity index (χ1n) is 9.48. The molecule has 0 aliphatic carbocycles. The van der Waals surface area contributed by atoms with Gasteiger partial charge in [0.05, 0.1) is 11.7 Å². The molecule has 2 heterocycles. The van der Waals surface area contributed by atoms with Crippen molar-refractivity contribution in [2.45, 2.75) is 44.0 Å². The molecule has 2 aromatic carbocycles. The highest BCUT2D eigenvalue weighted by atomic mass is 79.9. The Morgan fingerprint density at radius 1 is 1.18 bits per heavy atom. The van der Waals surface area contributed by atoms with Crippen molar-refractivity contribution in [3.05, 3.63) is 57.6 Å². The number of nitrogens with zero attached hydrogens (tertiary/aromatic N) is 2. The Bertz CT molecular complexity index is 1050. The molecule has 1 atom stereocenters. The zero-order valence-electron chi connectivity index (χ0n) is 16.0. The summed E-state index contributed by atoms with van der Waals surface area (Å²) in [6.07, 6.45) is 2.29. The molecule has 1 amide bonds. The van der Waals surface area contributed by atoms with Gasteiger partial charge >= 0.3 is 0 Å². The molecule has 0 N–H and O–H groups in total. The van der Waals surface area contributed by atoms with Crippen LogP contribution in [0.1, 0.15) is 42.5 Å². The van der Waals surface area contributed by atoms with Crippen LogP contribution in [-0.2, 0) is 21.2 Å². The fourth-order valence-corrected chi connectivity index (χ4v) is 6.95. The van der Waals surface area contributed by atoms with Gasteiger partial charge < -0.3 is 4.90 Å². The fraction of sp³-hybridized carbons (Fsp3) is 0.381. The Hall–Kier alpha value is -1.70. The topological polar surface area (TPSA) is 57.7 Å². The number of sulfonamides is 1. The number of carbonyl (C=O) groups is 1. The van der Waals surface area contributed by atoms with Crippen molar-refractivity contribution in [2.75, 3.05) is 18.0 Å². The lowest BCUT2D eigenvalue weighted by Crippen LogP contribution is -2.33. The standard InChI is InChI=1S/C21H23BrN2O3S/c1-14-5-3-6-16(11-14)19-7-4-9-24(19)28(26,27)20-13-18(22)12-17-8-10-23(15(2)25)21(17)20/h3,5-6,11-13,19H,4,7-10H2,1-2H3. The number of hydrogen-bond acceptors (Lipinski definition) is 3. The highest BCUT2D eigenvalue weighted by Crippen LogP contribution is 2.43. The normalized spacial score (nSPS) is 19.8. The zero-order chi connectivity index (χ0) is 20.1. The Morgan fingerprint density at radius 3 is 2.68 bits per heavy atom. The summed E-state index contributed by atoms with van der Waals surface area (Å²) in [5.74, 6) is -0.130. The van der Waals surface area contributed by atoms with E-state index >= 15 is 0 Å². The average Bonchev–Trinajstić information content (AvgIpc) is 3.28. The molecular weight excluding hydrogens is 440 g/mol. The molecule has 0 spiro atoms. The largest absolute Gasteiger partial charge is 0.311 e. The van der Waals surface area contributed by atoms with Crippen molar-refractivity contribution in [1.29, 1.82) is 0 Å². The van der Waals surface area contributed by atoms with Crippen molar-refractivity contribution in [1.82, 2.24) is 4.31 Å². The summed E-state index contributed by atoms with van der Waals surface area (Å²) in [5.41, 5.74) is 3.59. The lowest BCUT2D eigenvalue weighted by Gasteiger charge is -2.27. The van der Waals surface area contributed by atoms with Crippen LogP contribution >= 0.6 is 15.9 Å². The number of aryl methyl sites for hydroxylation is 1. The minimum Gasteiger partial charge on any atom is -0.311 e. The number of hydrogen-bond donors (Lipinski definition) is 0. The molecule has 148 valence electrons. The minimum atomic E-state index is -3.75. The first kappa shape index (κ1) is 19.6. The van der Waals surface area contributed by atoms with E-state index in [-0.39, 0.29) is 16.8 Å². The third kappa shape index (κ3) is 3.29.